The highest BCUT2D eigenvalue weighted by molar-refractivity contribution is 5.92. The molecule has 106 valence electrons. The third-order valence-electron chi connectivity index (χ3n) is 5.40. The van der Waals surface area contributed by atoms with Crippen LogP contribution in [0.1, 0.15) is 36.4 Å². The highest BCUT2D eigenvalue weighted by Gasteiger charge is 2.55. The summed E-state index contributed by atoms with van der Waals surface area (Å²) in [5.41, 5.74) is 9.82. The van der Waals surface area contributed by atoms with Crippen LogP contribution in [-0.4, -0.2) is 18.0 Å². The molecule has 0 saturated heterocycles. The van der Waals surface area contributed by atoms with Crippen LogP contribution < -0.4 is 11.1 Å². The van der Waals surface area contributed by atoms with E-state index in [2.05, 4.69) is 17.4 Å². The number of anilines is 1. The minimum atomic E-state index is -0.0359. The predicted octanol–water partition coefficient (Wildman–Crippen LogP) is 2.71. The number of hydrogen-bond donors (Lipinski definition) is 2. The van der Waals surface area contributed by atoms with Gasteiger partial charge in [0, 0.05) is 25.3 Å². The molecule has 4 rings (SSSR count). The van der Waals surface area contributed by atoms with Crippen LogP contribution in [0.25, 0.3) is 0 Å². The Hall–Kier alpha value is -1.55. The van der Waals surface area contributed by atoms with Gasteiger partial charge < -0.3 is 16.0 Å². The van der Waals surface area contributed by atoms with Crippen molar-refractivity contribution in [3.05, 3.63) is 29.3 Å². The molecule has 4 nitrogen and oxygen atoms in total. The third kappa shape index (κ3) is 1.74. The van der Waals surface area contributed by atoms with Crippen molar-refractivity contribution in [2.24, 2.45) is 23.5 Å². The number of nitrogens with zero attached hydrogens (tertiary/aromatic N) is 1. The van der Waals surface area contributed by atoms with Crippen LogP contribution in [-0.2, 0) is 6.54 Å². The highest BCUT2D eigenvalue weighted by Crippen LogP contribution is 2.61. The molecule has 2 saturated carbocycles. The van der Waals surface area contributed by atoms with Gasteiger partial charge >= 0.3 is 6.03 Å². The van der Waals surface area contributed by atoms with Crippen molar-refractivity contribution in [3.63, 3.8) is 0 Å². The highest BCUT2D eigenvalue weighted by atomic mass is 16.2. The molecule has 2 aliphatic carbocycles. The van der Waals surface area contributed by atoms with E-state index in [0.717, 1.165) is 17.5 Å². The fraction of sp³-hybridized carbons (Fsp3) is 0.562. The van der Waals surface area contributed by atoms with Gasteiger partial charge in [-0.05, 0) is 47.8 Å². The Morgan fingerprint density at radius 2 is 2.10 bits per heavy atom. The Balaban J connectivity index is 1.58. The molecule has 1 aromatic rings. The monoisotopic (exact) mass is 271 g/mol. The van der Waals surface area contributed by atoms with Crippen LogP contribution in [0.15, 0.2) is 18.2 Å². The van der Waals surface area contributed by atoms with Crippen LogP contribution in [0.4, 0.5) is 10.5 Å². The van der Waals surface area contributed by atoms with Gasteiger partial charge in [-0.3, -0.25) is 0 Å². The lowest BCUT2D eigenvalue weighted by molar-refractivity contribution is 0.218. The van der Waals surface area contributed by atoms with Crippen molar-refractivity contribution in [1.29, 1.82) is 0 Å². The first kappa shape index (κ1) is 12.2. The van der Waals surface area contributed by atoms with Gasteiger partial charge in [-0.2, -0.15) is 0 Å². The number of urea groups is 1. The van der Waals surface area contributed by atoms with E-state index in [1.54, 1.807) is 4.90 Å². The Kier molecular flexibility index (Phi) is 2.58. The van der Waals surface area contributed by atoms with Crippen LogP contribution in [0.3, 0.4) is 0 Å². The maximum Gasteiger partial charge on any atom is 0.321 e. The summed E-state index contributed by atoms with van der Waals surface area (Å²) in [6, 6.07) is 6.41. The summed E-state index contributed by atoms with van der Waals surface area (Å²) in [6.45, 7) is 0.666. The molecule has 1 aliphatic heterocycles. The van der Waals surface area contributed by atoms with E-state index < -0.39 is 0 Å². The molecule has 3 N–H and O–H groups in total. The summed E-state index contributed by atoms with van der Waals surface area (Å²) in [5.74, 6) is 2.45. The average Bonchev–Trinajstić information content (AvgIpc) is 2.91. The number of nitrogens with two attached hydrogens (primary N) is 1. The maximum absolute atomic E-state index is 11.6. The van der Waals surface area contributed by atoms with Gasteiger partial charge in [0.25, 0.3) is 0 Å². The zero-order chi connectivity index (χ0) is 13.9. The summed E-state index contributed by atoms with van der Waals surface area (Å²) in [6.07, 6.45) is 4.12. The van der Waals surface area contributed by atoms with Crippen molar-refractivity contribution in [1.82, 2.24) is 4.90 Å². The molecule has 20 heavy (non-hydrogen) atoms. The molecule has 0 spiro atoms. The van der Waals surface area contributed by atoms with Gasteiger partial charge in [-0.15, -0.1) is 0 Å². The molecule has 4 heteroatoms. The number of fused-ring (bicyclic) bond motifs is 2. The predicted molar refractivity (Wildman–Crippen MR) is 78.2 cm³/mol. The Bertz CT molecular complexity index is 561. The topological polar surface area (TPSA) is 58.4 Å². The quantitative estimate of drug-likeness (QED) is 0.869. The van der Waals surface area contributed by atoms with Crippen molar-refractivity contribution in [2.45, 2.75) is 31.8 Å². The zero-order valence-corrected chi connectivity index (χ0v) is 11.8. The van der Waals surface area contributed by atoms with Gasteiger partial charge in [-0.25, -0.2) is 4.79 Å². The molecule has 2 fully saturated rings. The van der Waals surface area contributed by atoms with E-state index in [4.69, 9.17) is 5.73 Å². The molecular weight excluding hydrogens is 250 g/mol. The van der Waals surface area contributed by atoms with E-state index in [1.807, 2.05) is 13.1 Å². The van der Waals surface area contributed by atoms with E-state index >= 15 is 0 Å². The lowest BCUT2D eigenvalue weighted by Gasteiger charge is -2.27. The Labute approximate surface area is 119 Å². The van der Waals surface area contributed by atoms with E-state index in [0.29, 0.717) is 12.5 Å². The van der Waals surface area contributed by atoms with Crippen LogP contribution in [0, 0.1) is 17.8 Å². The van der Waals surface area contributed by atoms with E-state index in [1.165, 1.54) is 30.4 Å². The first-order chi connectivity index (χ1) is 9.65. The number of carbonyl (C=O) groups is 1. The van der Waals surface area contributed by atoms with Crippen molar-refractivity contribution >= 4 is 11.7 Å². The number of benzene rings is 1. The molecule has 3 aliphatic rings. The van der Waals surface area contributed by atoms with Gasteiger partial charge in [0.1, 0.15) is 0 Å². The van der Waals surface area contributed by atoms with Gasteiger partial charge in [0.05, 0.1) is 0 Å². The molecular formula is C16H21N3O. The van der Waals surface area contributed by atoms with Crippen molar-refractivity contribution in [2.75, 3.05) is 12.4 Å². The summed E-state index contributed by atoms with van der Waals surface area (Å²) in [7, 11) is 1.82. The molecule has 1 aromatic carbocycles. The largest absolute Gasteiger partial charge is 0.324 e. The lowest BCUT2D eigenvalue weighted by atomic mass is 9.95. The minimum Gasteiger partial charge on any atom is -0.324 e. The van der Waals surface area contributed by atoms with Gasteiger partial charge in [-0.1, -0.05) is 18.6 Å². The minimum absolute atomic E-state index is 0.0359. The smallest absolute Gasteiger partial charge is 0.321 e. The number of hydrogen-bond acceptors (Lipinski definition) is 2. The first-order valence-corrected chi connectivity index (χ1v) is 7.55. The molecule has 2 amide bonds. The molecule has 3 unspecified atom stereocenters. The number of nitrogens with one attached hydrogen (secondary N) is 1. The Morgan fingerprint density at radius 1 is 1.35 bits per heavy atom. The SMILES string of the molecule is CN1Cc2cc(C(N)C3C4CCCC43)ccc2NC1=O. The van der Waals surface area contributed by atoms with Crippen molar-refractivity contribution in [3.8, 4) is 0 Å². The van der Waals surface area contributed by atoms with Crippen LogP contribution in [0.5, 0.6) is 0 Å². The number of amides is 2. The third-order valence-corrected chi connectivity index (χ3v) is 5.40. The summed E-state index contributed by atoms with van der Waals surface area (Å²) < 4.78 is 0. The van der Waals surface area contributed by atoms with Gasteiger partial charge in [0.15, 0.2) is 0 Å². The average molecular weight is 271 g/mol. The molecule has 1 heterocycles. The second kappa shape index (κ2) is 4.22. The summed E-state index contributed by atoms with van der Waals surface area (Å²) >= 11 is 0. The summed E-state index contributed by atoms with van der Waals surface area (Å²) in [5, 5.41) is 2.91. The zero-order valence-electron chi connectivity index (χ0n) is 11.8. The normalized spacial score (nSPS) is 32.4. The maximum atomic E-state index is 11.6. The van der Waals surface area contributed by atoms with E-state index in [-0.39, 0.29) is 12.1 Å². The molecule has 0 aromatic heterocycles. The molecule has 3 atom stereocenters. The fourth-order valence-corrected chi connectivity index (χ4v) is 4.24. The number of carbonyl (C=O) groups excluding carboxylic acids is 1. The Morgan fingerprint density at radius 3 is 2.85 bits per heavy atom. The molecule has 0 bridgehead atoms. The van der Waals surface area contributed by atoms with E-state index in [9.17, 15) is 4.79 Å². The van der Waals surface area contributed by atoms with Crippen LogP contribution in [0.2, 0.25) is 0 Å². The summed E-state index contributed by atoms with van der Waals surface area (Å²) in [4.78, 5) is 13.3. The standard InChI is InChI=1S/C16H21N3O/c1-19-8-10-7-9(5-6-13(10)18-16(19)20)15(17)14-11-3-2-4-12(11)14/h5-7,11-12,14-15H,2-4,8,17H2,1H3,(H,18,20). The molecule has 0 radical (unpaired) electrons. The second-order valence-corrected chi connectivity index (χ2v) is 6.56. The lowest BCUT2D eigenvalue weighted by Crippen LogP contribution is -2.35. The fourth-order valence-electron chi connectivity index (χ4n) is 4.24. The van der Waals surface area contributed by atoms with Crippen LogP contribution >= 0.6 is 0 Å². The second-order valence-electron chi connectivity index (χ2n) is 6.56. The van der Waals surface area contributed by atoms with Crippen molar-refractivity contribution < 1.29 is 4.79 Å². The number of rotatable bonds is 2. The first-order valence-electron chi connectivity index (χ1n) is 7.55. The van der Waals surface area contributed by atoms with Gasteiger partial charge in [0.2, 0.25) is 0 Å².